The number of likely N-dealkylation sites (tertiary alicyclic amines) is 2. The first-order valence-electron chi connectivity index (χ1n) is 16.1. The molecule has 2 aromatic rings. The number of piperidine rings is 2. The Hall–Kier alpha value is -3.56. The molecule has 0 bridgehead atoms. The first-order valence-corrected chi connectivity index (χ1v) is 16.1. The Morgan fingerprint density at radius 1 is 1.09 bits per heavy atom. The maximum atomic E-state index is 13.9. The summed E-state index contributed by atoms with van der Waals surface area (Å²) in [5.74, 6) is 1.10. The molecule has 3 fully saturated rings. The fraction of sp³-hybridized carbons (Fsp3) is 0.647. The minimum absolute atomic E-state index is 0.125. The molecule has 1 aromatic heterocycles. The van der Waals surface area contributed by atoms with Crippen LogP contribution in [-0.4, -0.2) is 74.9 Å². The number of esters is 1. The Kier molecular flexibility index (Phi) is 7.48. The molecular formula is C34H46N4O6. The third-order valence-corrected chi connectivity index (χ3v) is 9.70. The zero-order valence-electron chi connectivity index (χ0n) is 27.1. The predicted octanol–water partition coefficient (Wildman–Crippen LogP) is 5.94. The second-order valence-electron chi connectivity index (χ2n) is 14.6. The van der Waals surface area contributed by atoms with E-state index in [1.807, 2.05) is 68.5 Å². The number of aromatic nitrogens is 2. The summed E-state index contributed by atoms with van der Waals surface area (Å²) in [5, 5.41) is 5.19. The molecule has 0 radical (unpaired) electrons. The number of ether oxygens (including phenoxy) is 3. The van der Waals surface area contributed by atoms with Gasteiger partial charge in [-0.05, 0) is 78.9 Å². The van der Waals surface area contributed by atoms with Gasteiger partial charge in [0.1, 0.15) is 22.6 Å². The van der Waals surface area contributed by atoms with Gasteiger partial charge in [-0.2, -0.15) is 5.10 Å². The summed E-state index contributed by atoms with van der Waals surface area (Å²) in [4.78, 5) is 43.9. The highest BCUT2D eigenvalue weighted by molar-refractivity contribution is 5.93. The number of hydrogen-bond acceptors (Lipinski definition) is 7. The Bertz CT molecular complexity index is 1460. The quantitative estimate of drug-likeness (QED) is 0.397. The lowest BCUT2D eigenvalue weighted by Gasteiger charge is -2.46. The molecule has 10 nitrogen and oxygen atoms in total. The standard InChI is InChI=1S/C34H46N4O6/c1-8-42-30(40)28-26-27(35-38(28)22-13-16-37(33(6,7)20-22)31(41)44-32(3,4)5)23-11-9-10-12-25(23)43-34(26)14-17-36(18-15-34)29(39)24-19-21(24)2/h9-12,21-22,24H,8,13-20H2,1-7H3/t21-,22?,24-/m0/s1. The Balaban J connectivity index is 1.39. The van der Waals surface area contributed by atoms with E-state index in [1.165, 1.54) is 0 Å². The minimum Gasteiger partial charge on any atom is -0.482 e. The molecule has 238 valence electrons. The van der Waals surface area contributed by atoms with Crippen molar-refractivity contribution in [2.45, 2.75) is 103 Å². The monoisotopic (exact) mass is 606 g/mol. The van der Waals surface area contributed by atoms with Crippen LogP contribution >= 0.6 is 0 Å². The van der Waals surface area contributed by atoms with E-state index in [1.54, 1.807) is 11.8 Å². The molecule has 6 rings (SSSR count). The van der Waals surface area contributed by atoms with Crippen molar-refractivity contribution in [3.63, 3.8) is 0 Å². The van der Waals surface area contributed by atoms with E-state index < -0.39 is 22.7 Å². The van der Waals surface area contributed by atoms with Gasteiger partial charge in [0.2, 0.25) is 5.91 Å². The van der Waals surface area contributed by atoms with Crippen LogP contribution in [0.4, 0.5) is 4.79 Å². The summed E-state index contributed by atoms with van der Waals surface area (Å²) in [6, 6.07) is 7.68. The van der Waals surface area contributed by atoms with Gasteiger partial charge in [0, 0.05) is 49.5 Å². The van der Waals surface area contributed by atoms with Crippen LogP contribution in [0, 0.1) is 11.8 Å². The molecule has 1 aliphatic carbocycles. The fourth-order valence-corrected chi connectivity index (χ4v) is 7.30. The Morgan fingerprint density at radius 3 is 2.39 bits per heavy atom. The number of amides is 2. The summed E-state index contributed by atoms with van der Waals surface area (Å²) in [6.45, 7) is 15.4. The van der Waals surface area contributed by atoms with Crippen molar-refractivity contribution < 1.29 is 28.6 Å². The number of nitrogens with zero attached hydrogens (tertiary/aromatic N) is 4. The van der Waals surface area contributed by atoms with Crippen LogP contribution in [0.15, 0.2) is 24.3 Å². The van der Waals surface area contributed by atoms with Crippen LogP contribution in [0.5, 0.6) is 5.75 Å². The molecule has 2 saturated heterocycles. The largest absolute Gasteiger partial charge is 0.482 e. The predicted molar refractivity (Wildman–Crippen MR) is 164 cm³/mol. The van der Waals surface area contributed by atoms with Crippen molar-refractivity contribution in [3.05, 3.63) is 35.5 Å². The first-order chi connectivity index (χ1) is 20.7. The summed E-state index contributed by atoms with van der Waals surface area (Å²) in [7, 11) is 0. The van der Waals surface area contributed by atoms with Crippen molar-refractivity contribution in [2.75, 3.05) is 26.2 Å². The van der Waals surface area contributed by atoms with Crippen LogP contribution in [0.2, 0.25) is 0 Å². The van der Waals surface area contributed by atoms with Crippen LogP contribution < -0.4 is 4.74 Å². The van der Waals surface area contributed by atoms with Crippen LogP contribution in [0.3, 0.4) is 0 Å². The van der Waals surface area contributed by atoms with Crippen LogP contribution in [0.25, 0.3) is 11.3 Å². The van der Waals surface area contributed by atoms with Crippen molar-refractivity contribution >= 4 is 18.0 Å². The van der Waals surface area contributed by atoms with Crippen LogP contribution in [0.1, 0.15) is 103 Å². The van der Waals surface area contributed by atoms with Gasteiger partial charge in [0.05, 0.1) is 18.2 Å². The van der Waals surface area contributed by atoms with Gasteiger partial charge in [0.15, 0.2) is 5.69 Å². The highest BCUT2D eigenvalue weighted by atomic mass is 16.6. The molecule has 3 atom stereocenters. The molecule has 4 aliphatic rings. The van der Waals surface area contributed by atoms with E-state index >= 15 is 0 Å². The van der Waals surface area contributed by atoms with Gasteiger partial charge >= 0.3 is 12.1 Å². The third kappa shape index (κ3) is 5.34. The summed E-state index contributed by atoms with van der Waals surface area (Å²) in [6.07, 6.45) is 2.92. The smallest absolute Gasteiger partial charge is 0.410 e. The molecule has 1 spiro atoms. The lowest BCUT2D eigenvalue weighted by Crippen LogP contribution is -2.54. The van der Waals surface area contributed by atoms with Gasteiger partial charge in [-0.25, -0.2) is 9.59 Å². The van der Waals surface area contributed by atoms with Crippen molar-refractivity contribution in [1.29, 1.82) is 0 Å². The van der Waals surface area contributed by atoms with Crippen molar-refractivity contribution in [2.24, 2.45) is 11.8 Å². The van der Waals surface area contributed by atoms with Crippen molar-refractivity contribution in [1.82, 2.24) is 19.6 Å². The highest BCUT2D eigenvalue weighted by Crippen LogP contribution is 2.52. The number of para-hydroxylation sites is 1. The van der Waals surface area contributed by atoms with Gasteiger partial charge < -0.3 is 24.0 Å². The molecule has 4 heterocycles. The van der Waals surface area contributed by atoms with Gasteiger partial charge in [-0.15, -0.1) is 0 Å². The minimum atomic E-state index is -0.817. The summed E-state index contributed by atoms with van der Waals surface area (Å²) in [5.41, 5.74) is 0.795. The molecule has 3 aliphatic heterocycles. The molecule has 1 saturated carbocycles. The topological polar surface area (TPSA) is 103 Å². The Labute approximate surface area is 260 Å². The maximum Gasteiger partial charge on any atom is 0.410 e. The first kappa shape index (κ1) is 30.5. The third-order valence-electron chi connectivity index (χ3n) is 9.70. The molecule has 10 heteroatoms. The van der Waals surface area contributed by atoms with E-state index in [0.717, 1.165) is 29.0 Å². The van der Waals surface area contributed by atoms with Crippen molar-refractivity contribution in [3.8, 4) is 17.0 Å². The SMILES string of the molecule is CCOC(=O)c1c2c(nn1C1CCN(C(=O)OC(C)(C)C)C(C)(C)C1)-c1ccccc1OC21CCN(C(=O)[C@H]2C[C@@H]2C)CC1. The number of carbonyl (C=O) groups excluding carboxylic acids is 3. The second kappa shape index (κ2) is 10.8. The zero-order valence-corrected chi connectivity index (χ0v) is 27.1. The van der Waals surface area contributed by atoms with E-state index in [9.17, 15) is 14.4 Å². The van der Waals surface area contributed by atoms with Gasteiger partial charge in [0.25, 0.3) is 0 Å². The summed E-state index contributed by atoms with van der Waals surface area (Å²) >= 11 is 0. The number of benzene rings is 1. The van der Waals surface area contributed by atoms with E-state index in [0.29, 0.717) is 56.9 Å². The molecule has 44 heavy (non-hydrogen) atoms. The van der Waals surface area contributed by atoms with Gasteiger partial charge in [-0.3, -0.25) is 9.48 Å². The fourth-order valence-electron chi connectivity index (χ4n) is 7.30. The van der Waals surface area contributed by atoms with E-state index in [-0.39, 0.29) is 30.6 Å². The van der Waals surface area contributed by atoms with Gasteiger partial charge in [-0.1, -0.05) is 19.1 Å². The number of carbonyl (C=O) groups is 3. The van der Waals surface area contributed by atoms with E-state index in [2.05, 4.69) is 6.92 Å². The average molecular weight is 607 g/mol. The summed E-state index contributed by atoms with van der Waals surface area (Å²) < 4.78 is 20.1. The number of hydrogen-bond donors (Lipinski definition) is 0. The second-order valence-corrected chi connectivity index (χ2v) is 14.6. The number of rotatable bonds is 4. The van der Waals surface area contributed by atoms with Crippen LogP contribution in [-0.2, 0) is 19.9 Å². The lowest BCUT2D eigenvalue weighted by atomic mass is 9.79. The highest BCUT2D eigenvalue weighted by Gasteiger charge is 2.52. The Morgan fingerprint density at radius 2 is 1.77 bits per heavy atom. The van der Waals surface area contributed by atoms with E-state index in [4.69, 9.17) is 19.3 Å². The number of fused-ring (bicyclic) bond motifs is 4. The molecule has 1 unspecified atom stereocenters. The molecular weight excluding hydrogens is 560 g/mol. The molecule has 2 amide bonds. The normalized spacial score (nSPS) is 25.0. The lowest BCUT2D eigenvalue weighted by molar-refractivity contribution is -0.136. The zero-order chi connectivity index (χ0) is 31.6. The maximum absolute atomic E-state index is 13.9. The molecule has 1 aromatic carbocycles. The molecule has 0 N–H and O–H groups in total. The average Bonchev–Trinajstić information content (AvgIpc) is 3.53.